The molecule has 0 spiro atoms. The van der Waals surface area contributed by atoms with Crippen molar-refractivity contribution in [1.29, 1.82) is 0 Å². The fourth-order valence-corrected chi connectivity index (χ4v) is 0.731. The molecule has 0 saturated carbocycles. The molecule has 64 valence electrons. The average molecular weight is 184 g/mol. The standard InChI is InChI=1S/C8H10ClN3/c1-12(2)6-11-8-4-3-7(9)5-10-8/h3-6H,1-2H3/b11-6-. The first kappa shape index (κ1) is 9.00. The van der Waals surface area contributed by atoms with Crippen LogP contribution in [0.1, 0.15) is 0 Å². The number of rotatable bonds is 2. The van der Waals surface area contributed by atoms with Crippen LogP contribution in [-0.2, 0) is 0 Å². The highest BCUT2D eigenvalue weighted by Crippen LogP contribution is 2.11. The van der Waals surface area contributed by atoms with Crippen LogP contribution < -0.4 is 0 Å². The van der Waals surface area contributed by atoms with Gasteiger partial charge in [-0.3, -0.25) is 0 Å². The predicted molar refractivity (Wildman–Crippen MR) is 51.1 cm³/mol. The van der Waals surface area contributed by atoms with Gasteiger partial charge in [0.1, 0.15) is 0 Å². The zero-order chi connectivity index (χ0) is 8.97. The zero-order valence-corrected chi connectivity index (χ0v) is 7.78. The molecule has 0 aliphatic heterocycles. The topological polar surface area (TPSA) is 28.5 Å². The molecular weight excluding hydrogens is 174 g/mol. The van der Waals surface area contributed by atoms with Crippen molar-refractivity contribution in [2.45, 2.75) is 0 Å². The molecule has 0 aromatic carbocycles. The van der Waals surface area contributed by atoms with Gasteiger partial charge < -0.3 is 4.90 Å². The monoisotopic (exact) mass is 183 g/mol. The summed E-state index contributed by atoms with van der Waals surface area (Å²) in [6.07, 6.45) is 3.26. The number of halogens is 1. The summed E-state index contributed by atoms with van der Waals surface area (Å²) in [5.74, 6) is 0.660. The molecule has 0 amide bonds. The van der Waals surface area contributed by atoms with Gasteiger partial charge in [-0.25, -0.2) is 9.98 Å². The van der Waals surface area contributed by atoms with E-state index in [0.29, 0.717) is 10.8 Å². The predicted octanol–water partition coefficient (Wildman–Crippen LogP) is 1.96. The van der Waals surface area contributed by atoms with Crippen LogP contribution in [0, 0.1) is 0 Å². The first-order valence-electron chi connectivity index (χ1n) is 3.50. The molecule has 0 fully saturated rings. The van der Waals surface area contributed by atoms with Crippen LogP contribution in [0.5, 0.6) is 0 Å². The molecule has 12 heavy (non-hydrogen) atoms. The Balaban J connectivity index is 2.71. The smallest absolute Gasteiger partial charge is 0.153 e. The molecule has 0 unspecified atom stereocenters. The van der Waals surface area contributed by atoms with Crippen LogP contribution in [0.4, 0.5) is 5.82 Å². The van der Waals surface area contributed by atoms with Crippen LogP contribution >= 0.6 is 11.6 Å². The van der Waals surface area contributed by atoms with Crippen molar-refractivity contribution in [1.82, 2.24) is 9.88 Å². The molecule has 0 radical (unpaired) electrons. The van der Waals surface area contributed by atoms with Gasteiger partial charge in [-0.1, -0.05) is 11.6 Å². The van der Waals surface area contributed by atoms with E-state index < -0.39 is 0 Å². The van der Waals surface area contributed by atoms with Gasteiger partial charge in [-0.15, -0.1) is 0 Å². The Kier molecular flexibility index (Phi) is 3.05. The molecule has 1 aromatic heterocycles. The number of aromatic nitrogens is 1. The number of hydrogen-bond acceptors (Lipinski definition) is 2. The van der Waals surface area contributed by atoms with Gasteiger partial charge in [0.2, 0.25) is 0 Å². The highest BCUT2D eigenvalue weighted by Gasteiger charge is 1.89. The summed E-state index contributed by atoms with van der Waals surface area (Å²) >= 11 is 5.65. The third kappa shape index (κ3) is 2.88. The molecule has 1 aromatic rings. The summed E-state index contributed by atoms with van der Waals surface area (Å²) < 4.78 is 0. The highest BCUT2D eigenvalue weighted by molar-refractivity contribution is 6.30. The minimum absolute atomic E-state index is 0.624. The first-order valence-corrected chi connectivity index (χ1v) is 3.88. The molecule has 0 bridgehead atoms. The lowest BCUT2D eigenvalue weighted by Crippen LogP contribution is -2.07. The van der Waals surface area contributed by atoms with Crippen molar-refractivity contribution in [3.05, 3.63) is 23.4 Å². The molecule has 1 heterocycles. The van der Waals surface area contributed by atoms with E-state index >= 15 is 0 Å². The van der Waals surface area contributed by atoms with E-state index in [0.717, 1.165) is 0 Å². The van der Waals surface area contributed by atoms with Crippen LogP contribution in [0.3, 0.4) is 0 Å². The molecule has 0 N–H and O–H groups in total. The van der Waals surface area contributed by atoms with Crippen LogP contribution in [-0.4, -0.2) is 30.3 Å². The van der Waals surface area contributed by atoms with Crippen molar-refractivity contribution in [3.63, 3.8) is 0 Å². The molecule has 0 saturated heterocycles. The maximum atomic E-state index is 5.65. The molecule has 4 heteroatoms. The second-order valence-corrected chi connectivity index (χ2v) is 2.98. The number of aliphatic imine (C=N–C) groups is 1. The van der Waals surface area contributed by atoms with Crippen LogP contribution in [0.2, 0.25) is 5.02 Å². The summed E-state index contributed by atoms with van der Waals surface area (Å²) in [4.78, 5) is 9.92. The van der Waals surface area contributed by atoms with E-state index in [1.54, 1.807) is 24.7 Å². The Morgan fingerprint density at radius 2 is 2.25 bits per heavy atom. The van der Waals surface area contributed by atoms with Gasteiger partial charge in [0, 0.05) is 20.3 Å². The SMILES string of the molecule is CN(C)/C=N\c1ccc(Cl)cn1. The van der Waals surface area contributed by atoms with Gasteiger partial charge in [-0.2, -0.15) is 0 Å². The Bertz CT molecular complexity index is 266. The van der Waals surface area contributed by atoms with Gasteiger partial charge in [-0.05, 0) is 12.1 Å². The Morgan fingerprint density at radius 1 is 1.50 bits per heavy atom. The van der Waals surface area contributed by atoms with E-state index in [4.69, 9.17) is 11.6 Å². The van der Waals surface area contributed by atoms with E-state index in [1.807, 2.05) is 19.0 Å². The lowest BCUT2D eigenvalue weighted by atomic mass is 10.5. The third-order valence-electron chi connectivity index (χ3n) is 1.13. The van der Waals surface area contributed by atoms with Crippen molar-refractivity contribution in [2.24, 2.45) is 4.99 Å². The molecule has 0 aliphatic rings. The number of pyridine rings is 1. The second-order valence-electron chi connectivity index (χ2n) is 2.54. The molecule has 0 atom stereocenters. The van der Waals surface area contributed by atoms with Crippen molar-refractivity contribution in [3.8, 4) is 0 Å². The third-order valence-corrected chi connectivity index (χ3v) is 1.36. The minimum Gasteiger partial charge on any atom is -0.369 e. The molecule has 1 rings (SSSR count). The minimum atomic E-state index is 0.624. The lowest BCUT2D eigenvalue weighted by Gasteiger charge is -2.01. The Labute approximate surface area is 76.7 Å². The zero-order valence-electron chi connectivity index (χ0n) is 7.03. The summed E-state index contributed by atoms with van der Waals surface area (Å²) in [5.41, 5.74) is 0. The summed E-state index contributed by atoms with van der Waals surface area (Å²) in [6, 6.07) is 3.53. The summed E-state index contributed by atoms with van der Waals surface area (Å²) in [6.45, 7) is 0. The maximum absolute atomic E-state index is 5.65. The van der Waals surface area contributed by atoms with E-state index in [9.17, 15) is 0 Å². The Hall–Kier alpha value is -1.09. The van der Waals surface area contributed by atoms with Gasteiger partial charge in [0.25, 0.3) is 0 Å². The fourth-order valence-electron chi connectivity index (χ4n) is 0.619. The summed E-state index contributed by atoms with van der Waals surface area (Å²) in [7, 11) is 3.80. The van der Waals surface area contributed by atoms with E-state index in [1.165, 1.54) is 0 Å². The fraction of sp³-hybridized carbons (Fsp3) is 0.250. The van der Waals surface area contributed by atoms with Crippen molar-refractivity contribution >= 4 is 23.8 Å². The van der Waals surface area contributed by atoms with Crippen molar-refractivity contribution < 1.29 is 0 Å². The highest BCUT2D eigenvalue weighted by atomic mass is 35.5. The lowest BCUT2D eigenvalue weighted by molar-refractivity contribution is 0.643. The van der Waals surface area contributed by atoms with Crippen molar-refractivity contribution in [2.75, 3.05) is 14.1 Å². The van der Waals surface area contributed by atoms with Crippen LogP contribution in [0.25, 0.3) is 0 Å². The largest absolute Gasteiger partial charge is 0.369 e. The summed E-state index contributed by atoms with van der Waals surface area (Å²) in [5, 5.41) is 0.624. The average Bonchev–Trinajstić information content (AvgIpc) is 2.03. The van der Waals surface area contributed by atoms with Crippen LogP contribution in [0.15, 0.2) is 23.3 Å². The maximum Gasteiger partial charge on any atom is 0.153 e. The Morgan fingerprint density at radius 3 is 2.75 bits per heavy atom. The van der Waals surface area contributed by atoms with Gasteiger partial charge >= 0.3 is 0 Å². The quantitative estimate of drug-likeness (QED) is 0.518. The first-order chi connectivity index (χ1) is 5.68. The van der Waals surface area contributed by atoms with Gasteiger partial charge in [0.05, 0.1) is 11.4 Å². The van der Waals surface area contributed by atoms with E-state index in [2.05, 4.69) is 9.98 Å². The second kappa shape index (κ2) is 4.07. The normalized spacial score (nSPS) is 10.6. The number of nitrogens with zero attached hydrogens (tertiary/aromatic N) is 3. The molecule has 0 aliphatic carbocycles. The molecule has 3 nitrogen and oxygen atoms in total. The van der Waals surface area contributed by atoms with E-state index in [-0.39, 0.29) is 0 Å². The molecular formula is C8H10ClN3. The number of hydrogen-bond donors (Lipinski definition) is 0. The van der Waals surface area contributed by atoms with Gasteiger partial charge in [0.15, 0.2) is 5.82 Å².